The van der Waals surface area contributed by atoms with Crippen LogP contribution >= 0.6 is 0 Å². The van der Waals surface area contributed by atoms with Gasteiger partial charge in [0.25, 0.3) is 0 Å². The number of nitrogens with two attached hydrogens (primary N) is 1. The lowest BCUT2D eigenvalue weighted by Gasteiger charge is -2.26. The highest BCUT2D eigenvalue weighted by Crippen LogP contribution is 2.40. The molecule has 1 fully saturated rings. The van der Waals surface area contributed by atoms with E-state index in [1.54, 1.807) is 26.0 Å². The van der Waals surface area contributed by atoms with Crippen LogP contribution in [0.1, 0.15) is 53.2 Å². The fraction of sp³-hybridized carbons (Fsp3) is 0.583. The predicted molar refractivity (Wildman–Crippen MR) is 129 cm³/mol. The molecule has 0 saturated carbocycles. The van der Waals surface area contributed by atoms with Gasteiger partial charge in [-0.15, -0.1) is 0 Å². The minimum Gasteiger partial charge on any atom is -0.462 e. The lowest BCUT2D eigenvalue weighted by Crippen LogP contribution is -2.44. The highest BCUT2D eigenvalue weighted by atomic mass is 16.7. The zero-order chi connectivity index (χ0) is 27.4. The lowest BCUT2D eigenvalue weighted by molar-refractivity contribution is -0.155. The predicted octanol–water partition coefficient (Wildman–Crippen LogP) is 2.25. The van der Waals surface area contributed by atoms with Crippen LogP contribution in [0.3, 0.4) is 0 Å². The number of carbonyl (C=O) groups is 3. The van der Waals surface area contributed by atoms with Crippen LogP contribution in [0.4, 0.5) is 10.6 Å². The molecule has 3 N–H and O–H groups in total. The standard InChI is InChI=1S/C24H32N6O7/c1-14(2)20(31)35-13-36-22(33)29-19-16-6-7-17(30(16)28-12-27-19)24(11-25)9-8-15(37-24)10-34-21(32)18(26)23(3,4)5/h6-7,12,14-15,18H,8-10,13,26H2,1-5H3,(H,27,28,29,33)/t15-,18?,24-/m0/s1. The molecule has 2 aromatic heterocycles. The van der Waals surface area contributed by atoms with Gasteiger partial charge in [0.05, 0.1) is 17.7 Å². The number of esters is 2. The number of nitrogens with one attached hydrogen (secondary N) is 1. The summed E-state index contributed by atoms with van der Waals surface area (Å²) in [5.41, 5.74) is 4.96. The molecule has 1 aliphatic heterocycles. The molecule has 37 heavy (non-hydrogen) atoms. The zero-order valence-corrected chi connectivity index (χ0v) is 21.5. The third kappa shape index (κ3) is 6.33. The Morgan fingerprint density at radius 3 is 2.65 bits per heavy atom. The van der Waals surface area contributed by atoms with Crippen molar-refractivity contribution < 1.29 is 33.3 Å². The van der Waals surface area contributed by atoms with E-state index >= 15 is 0 Å². The average molecular weight is 517 g/mol. The van der Waals surface area contributed by atoms with Gasteiger partial charge in [0.15, 0.2) is 11.4 Å². The Morgan fingerprint density at radius 1 is 1.27 bits per heavy atom. The molecule has 3 rings (SSSR count). The van der Waals surface area contributed by atoms with E-state index in [4.69, 9.17) is 24.7 Å². The molecule has 0 spiro atoms. The lowest BCUT2D eigenvalue weighted by atomic mass is 9.87. The van der Waals surface area contributed by atoms with Crippen LogP contribution in [-0.2, 0) is 34.1 Å². The molecule has 3 atom stereocenters. The molecular weight excluding hydrogens is 484 g/mol. The highest BCUT2D eigenvalue weighted by molar-refractivity contribution is 5.88. The maximum atomic E-state index is 12.3. The molecule has 1 saturated heterocycles. The van der Waals surface area contributed by atoms with Crippen molar-refractivity contribution in [3.05, 3.63) is 24.2 Å². The Kier molecular flexibility index (Phi) is 8.35. The van der Waals surface area contributed by atoms with Crippen molar-refractivity contribution in [3.63, 3.8) is 0 Å². The van der Waals surface area contributed by atoms with Gasteiger partial charge >= 0.3 is 18.0 Å². The molecule has 2 aromatic rings. The monoisotopic (exact) mass is 516 g/mol. The second-order valence-electron chi connectivity index (χ2n) is 10.1. The molecule has 0 radical (unpaired) electrons. The summed E-state index contributed by atoms with van der Waals surface area (Å²) in [7, 11) is 0. The summed E-state index contributed by atoms with van der Waals surface area (Å²) in [5, 5.41) is 16.7. The Bertz CT molecular complexity index is 1200. The summed E-state index contributed by atoms with van der Waals surface area (Å²) in [5.74, 6) is -1.27. The van der Waals surface area contributed by atoms with Gasteiger partial charge in [0, 0.05) is 0 Å². The van der Waals surface area contributed by atoms with E-state index in [2.05, 4.69) is 21.5 Å². The third-order valence-corrected chi connectivity index (χ3v) is 5.91. The van der Waals surface area contributed by atoms with Gasteiger partial charge in [-0.2, -0.15) is 10.4 Å². The van der Waals surface area contributed by atoms with Crippen LogP contribution in [0.2, 0.25) is 0 Å². The number of aromatic nitrogens is 3. The van der Waals surface area contributed by atoms with Crippen LogP contribution in [0.5, 0.6) is 0 Å². The van der Waals surface area contributed by atoms with Crippen molar-refractivity contribution in [1.29, 1.82) is 5.26 Å². The maximum Gasteiger partial charge on any atom is 0.415 e. The van der Waals surface area contributed by atoms with Gasteiger partial charge in [0.2, 0.25) is 6.79 Å². The van der Waals surface area contributed by atoms with Gasteiger partial charge in [-0.25, -0.2) is 14.3 Å². The molecule has 3 heterocycles. The van der Waals surface area contributed by atoms with Crippen molar-refractivity contribution >= 4 is 29.4 Å². The van der Waals surface area contributed by atoms with Gasteiger partial charge in [-0.1, -0.05) is 34.6 Å². The van der Waals surface area contributed by atoms with Crippen LogP contribution in [0.15, 0.2) is 18.5 Å². The number of hydrogen-bond donors (Lipinski definition) is 2. The molecule has 0 aliphatic carbocycles. The summed E-state index contributed by atoms with van der Waals surface area (Å²) < 4.78 is 22.5. The van der Waals surface area contributed by atoms with Crippen molar-refractivity contribution in [3.8, 4) is 6.07 Å². The number of ether oxygens (including phenoxy) is 4. The van der Waals surface area contributed by atoms with Crippen molar-refractivity contribution in [2.24, 2.45) is 17.1 Å². The van der Waals surface area contributed by atoms with E-state index in [0.717, 1.165) is 0 Å². The van der Waals surface area contributed by atoms with Gasteiger partial charge < -0.3 is 24.7 Å². The first-order chi connectivity index (χ1) is 17.4. The van der Waals surface area contributed by atoms with Crippen LogP contribution in [0.25, 0.3) is 5.52 Å². The van der Waals surface area contributed by atoms with E-state index in [-0.39, 0.29) is 18.3 Å². The summed E-state index contributed by atoms with van der Waals surface area (Å²) in [6, 6.07) is 4.70. The van der Waals surface area contributed by atoms with Crippen molar-refractivity contribution in [2.45, 2.75) is 65.2 Å². The van der Waals surface area contributed by atoms with E-state index in [1.807, 2.05) is 20.8 Å². The second kappa shape index (κ2) is 11.1. The van der Waals surface area contributed by atoms with Crippen LogP contribution in [0, 0.1) is 22.7 Å². The second-order valence-corrected chi connectivity index (χ2v) is 10.1. The minimum absolute atomic E-state index is 0.0373. The maximum absolute atomic E-state index is 12.3. The Labute approximate surface area is 214 Å². The molecule has 13 nitrogen and oxygen atoms in total. The first-order valence-electron chi connectivity index (χ1n) is 11.8. The number of fused-ring (bicyclic) bond motifs is 1. The first-order valence-corrected chi connectivity index (χ1v) is 11.8. The Balaban J connectivity index is 1.69. The zero-order valence-electron chi connectivity index (χ0n) is 21.5. The SMILES string of the molecule is CC(C)C(=O)OCOC(=O)Nc1ncnn2c([C@@]3(C#N)CC[C@@H](COC(=O)C(N)C(C)(C)C)O3)ccc12. The van der Waals surface area contributed by atoms with E-state index < -0.39 is 48.0 Å². The first kappa shape index (κ1) is 27.8. The van der Waals surface area contributed by atoms with Crippen molar-refractivity contribution in [1.82, 2.24) is 14.6 Å². The number of anilines is 1. The summed E-state index contributed by atoms with van der Waals surface area (Å²) >= 11 is 0. The fourth-order valence-electron chi connectivity index (χ4n) is 3.61. The van der Waals surface area contributed by atoms with Gasteiger partial charge in [-0.3, -0.25) is 14.9 Å². The quantitative estimate of drug-likeness (QED) is 0.388. The minimum atomic E-state index is -1.35. The summed E-state index contributed by atoms with van der Waals surface area (Å²) in [6.07, 6.45) is 0.611. The molecule has 1 unspecified atom stereocenters. The molecule has 0 aromatic carbocycles. The van der Waals surface area contributed by atoms with Gasteiger partial charge in [0.1, 0.15) is 30.6 Å². The van der Waals surface area contributed by atoms with Gasteiger partial charge in [-0.05, 0) is 30.4 Å². The fourth-order valence-corrected chi connectivity index (χ4v) is 3.61. The normalized spacial score (nSPS) is 20.3. The number of carbonyl (C=O) groups excluding carboxylic acids is 3. The number of rotatable bonds is 8. The van der Waals surface area contributed by atoms with E-state index in [0.29, 0.717) is 24.1 Å². The number of nitriles is 1. The third-order valence-electron chi connectivity index (χ3n) is 5.91. The molecule has 200 valence electrons. The van der Waals surface area contributed by atoms with Crippen molar-refractivity contribution in [2.75, 3.05) is 18.7 Å². The molecular formula is C24H32N6O7. The van der Waals surface area contributed by atoms with E-state index in [9.17, 15) is 19.6 Å². The Hall–Kier alpha value is -3.76. The molecule has 1 aliphatic rings. The summed E-state index contributed by atoms with van der Waals surface area (Å²) in [4.78, 5) is 40.0. The van der Waals surface area contributed by atoms with E-state index in [1.165, 1.54) is 10.8 Å². The molecule has 0 bridgehead atoms. The number of hydrogen-bond acceptors (Lipinski definition) is 11. The topological polar surface area (TPSA) is 180 Å². The smallest absolute Gasteiger partial charge is 0.415 e. The molecule has 1 amide bonds. The molecule has 13 heteroatoms. The summed E-state index contributed by atoms with van der Waals surface area (Å²) in [6.45, 7) is 8.26. The largest absolute Gasteiger partial charge is 0.462 e. The Morgan fingerprint density at radius 2 is 2.00 bits per heavy atom. The number of nitrogens with zero attached hydrogens (tertiary/aromatic N) is 4. The highest BCUT2D eigenvalue weighted by Gasteiger charge is 2.45. The van der Waals surface area contributed by atoms with Crippen LogP contribution < -0.4 is 11.1 Å². The number of amides is 1. The van der Waals surface area contributed by atoms with Crippen LogP contribution in [-0.4, -0.2) is 58.2 Å². The average Bonchev–Trinajstić information content (AvgIpc) is 3.47.